The van der Waals surface area contributed by atoms with Crippen molar-refractivity contribution in [1.29, 1.82) is 0 Å². The Morgan fingerprint density at radius 1 is 1.63 bits per heavy atom. The number of nitrogens with one attached hydrogen (secondary N) is 1. The highest BCUT2D eigenvalue weighted by molar-refractivity contribution is 6.32. The molecule has 1 aromatic rings. The molecule has 1 N–H and O–H groups in total. The molecule has 0 spiro atoms. The van der Waals surface area contributed by atoms with Crippen molar-refractivity contribution in [3.63, 3.8) is 0 Å². The van der Waals surface area contributed by atoms with Crippen LogP contribution in [0.3, 0.4) is 0 Å². The van der Waals surface area contributed by atoms with Crippen LogP contribution in [0, 0.1) is 12.3 Å². The molecule has 104 valence electrons. The van der Waals surface area contributed by atoms with E-state index in [-0.39, 0.29) is 17.1 Å². The molecule has 1 aromatic heterocycles. The first-order valence-electron chi connectivity index (χ1n) is 5.98. The van der Waals surface area contributed by atoms with Crippen LogP contribution in [0.15, 0.2) is 11.0 Å². The summed E-state index contributed by atoms with van der Waals surface area (Å²) < 4.78 is 6.73. The van der Waals surface area contributed by atoms with Crippen molar-refractivity contribution in [3.8, 4) is 12.3 Å². The van der Waals surface area contributed by atoms with Crippen LogP contribution in [0.5, 0.6) is 0 Å². The third kappa shape index (κ3) is 4.27. The van der Waals surface area contributed by atoms with Gasteiger partial charge in [-0.2, -0.15) is 5.10 Å². The number of anilines is 1. The van der Waals surface area contributed by atoms with Crippen LogP contribution in [0.4, 0.5) is 5.69 Å². The van der Waals surface area contributed by atoms with Crippen LogP contribution in [-0.4, -0.2) is 28.5 Å². The first kappa shape index (κ1) is 15.5. The van der Waals surface area contributed by atoms with E-state index in [1.807, 2.05) is 20.8 Å². The molecule has 1 heterocycles. The summed E-state index contributed by atoms with van der Waals surface area (Å²) >= 11 is 5.98. The minimum Gasteiger partial charge on any atom is -0.376 e. The predicted molar refractivity (Wildman–Crippen MR) is 76.5 cm³/mol. The van der Waals surface area contributed by atoms with Gasteiger partial charge in [-0.05, 0) is 20.8 Å². The van der Waals surface area contributed by atoms with Gasteiger partial charge >= 0.3 is 0 Å². The summed E-state index contributed by atoms with van der Waals surface area (Å²) in [6.45, 7) is 6.94. The zero-order chi connectivity index (χ0) is 14.5. The van der Waals surface area contributed by atoms with E-state index >= 15 is 0 Å². The van der Waals surface area contributed by atoms with Crippen LogP contribution in [0.2, 0.25) is 5.02 Å². The lowest BCUT2D eigenvalue weighted by molar-refractivity contribution is 0.000676. The Bertz CT molecular complexity index is 532. The summed E-state index contributed by atoms with van der Waals surface area (Å²) in [6.07, 6.45) is 6.58. The minimum absolute atomic E-state index is 0.111. The molecule has 1 rings (SSSR count). The lowest BCUT2D eigenvalue weighted by atomic mass is 10.1. The summed E-state index contributed by atoms with van der Waals surface area (Å²) in [5, 5.41) is 7.14. The number of rotatable bonds is 6. The number of hydrogen-bond acceptors (Lipinski definition) is 4. The fraction of sp³-hybridized carbons (Fsp3) is 0.538. The molecule has 0 saturated carbocycles. The monoisotopic (exact) mass is 283 g/mol. The molecule has 0 aromatic carbocycles. The third-order valence-corrected chi connectivity index (χ3v) is 2.75. The smallest absolute Gasteiger partial charge is 0.292 e. The second kappa shape index (κ2) is 6.60. The van der Waals surface area contributed by atoms with Gasteiger partial charge in [-0.15, -0.1) is 6.42 Å². The summed E-state index contributed by atoms with van der Waals surface area (Å²) in [5.74, 6) is 2.37. The fourth-order valence-corrected chi connectivity index (χ4v) is 1.76. The molecule has 6 heteroatoms. The standard InChI is InChI=1S/C13H18ClN3O2/c1-5-7-17-12(18)11(10(14)8-16-17)15-9-13(3,4)19-6-2/h1,8,15H,6-7,9H2,2-4H3. The number of halogens is 1. The van der Waals surface area contributed by atoms with Crippen molar-refractivity contribution < 1.29 is 4.74 Å². The molecule has 0 atom stereocenters. The van der Waals surface area contributed by atoms with Gasteiger partial charge in [-0.1, -0.05) is 17.5 Å². The second-order valence-electron chi connectivity index (χ2n) is 4.58. The van der Waals surface area contributed by atoms with Crippen molar-refractivity contribution in [2.75, 3.05) is 18.5 Å². The van der Waals surface area contributed by atoms with Gasteiger partial charge in [0.15, 0.2) is 0 Å². The molecule has 0 aliphatic carbocycles. The molecular weight excluding hydrogens is 266 g/mol. The van der Waals surface area contributed by atoms with Crippen molar-refractivity contribution >= 4 is 17.3 Å². The molecule has 0 fully saturated rings. The van der Waals surface area contributed by atoms with Crippen LogP contribution < -0.4 is 10.9 Å². The molecule has 0 amide bonds. The lowest BCUT2D eigenvalue weighted by Gasteiger charge is -2.25. The van der Waals surface area contributed by atoms with E-state index < -0.39 is 5.60 Å². The summed E-state index contributed by atoms with van der Waals surface area (Å²) in [5.41, 5.74) is -0.442. The number of ether oxygens (including phenoxy) is 1. The Kier molecular flexibility index (Phi) is 5.40. The topological polar surface area (TPSA) is 56.1 Å². The molecule has 0 bridgehead atoms. The van der Waals surface area contributed by atoms with Crippen molar-refractivity contribution in [1.82, 2.24) is 9.78 Å². The summed E-state index contributed by atoms with van der Waals surface area (Å²) in [6, 6.07) is 0. The molecule has 19 heavy (non-hydrogen) atoms. The number of hydrogen-bond donors (Lipinski definition) is 1. The molecular formula is C13H18ClN3O2. The number of aromatic nitrogens is 2. The molecule has 0 saturated heterocycles. The Balaban J connectivity index is 2.93. The lowest BCUT2D eigenvalue weighted by Crippen LogP contribution is -2.36. The highest BCUT2D eigenvalue weighted by Crippen LogP contribution is 2.17. The van der Waals surface area contributed by atoms with Gasteiger partial charge in [0.1, 0.15) is 12.2 Å². The van der Waals surface area contributed by atoms with Gasteiger partial charge in [0.2, 0.25) is 0 Å². The quantitative estimate of drug-likeness (QED) is 0.808. The van der Waals surface area contributed by atoms with E-state index in [9.17, 15) is 4.79 Å². The zero-order valence-corrected chi connectivity index (χ0v) is 12.1. The SMILES string of the molecule is C#CCn1ncc(Cl)c(NCC(C)(C)OCC)c1=O. The first-order valence-corrected chi connectivity index (χ1v) is 6.36. The average molecular weight is 284 g/mol. The molecule has 0 aliphatic heterocycles. The van der Waals surface area contributed by atoms with Crippen molar-refractivity contribution in [3.05, 3.63) is 21.6 Å². The van der Waals surface area contributed by atoms with Gasteiger partial charge in [0.25, 0.3) is 5.56 Å². The van der Waals surface area contributed by atoms with Crippen LogP contribution >= 0.6 is 11.6 Å². The molecule has 0 radical (unpaired) electrons. The fourth-order valence-electron chi connectivity index (χ4n) is 1.57. The van der Waals surface area contributed by atoms with Gasteiger partial charge in [0, 0.05) is 13.2 Å². The number of terminal acetylenes is 1. The van der Waals surface area contributed by atoms with E-state index in [0.717, 1.165) is 0 Å². The Hall–Kier alpha value is -1.51. The van der Waals surface area contributed by atoms with Crippen LogP contribution in [0.25, 0.3) is 0 Å². The van der Waals surface area contributed by atoms with Gasteiger partial charge in [-0.3, -0.25) is 4.79 Å². The minimum atomic E-state index is -0.398. The normalized spacial score (nSPS) is 11.1. The number of nitrogens with zero attached hydrogens (tertiary/aromatic N) is 2. The van der Waals surface area contributed by atoms with Crippen molar-refractivity contribution in [2.24, 2.45) is 0 Å². The maximum absolute atomic E-state index is 12.1. The maximum Gasteiger partial charge on any atom is 0.292 e. The Morgan fingerprint density at radius 3 is 2.89 bits per heavy atom. The largest absolute Gasteiger partial charge is 0.376 e. The van der Waals surface area contributed by atoms with Gasteiger partial charge in [-0.25, -0.2) is 4.68 Å². The third-order valence-electron chi connectivity index (χ3n) is 2.46. The van der Waals surface area contributed by atoms with Crippen LogP contribution in [-0.2, 0) is 11.3 Å². The zero-order valence-electron chi connectivity index (χ0n) is 11.4. The summed E-state index contributed by atoms with van der Waals surface area (Å²) in [4.78, 5) is 12.1. The molecule has 0 unspecified atom stereocenters. The van der Waals surface area contributed by atoms with Gasteiger partial charge in [0.05, 0.1) is 16.8 Å². The summed E-state index contributed by atoms with van der Waals surface area (Å²) in [7, 11) is 0. The maximum atomic E-state index is 12.1. The second-order valence-corrected chi connectivity index (χ2v) is 4.99. The predicted octanol–water partition coefficient (Wildman–Crippen LogP) is 1.76. The van der Waals surface area contributed by atoms with E-state index in [0.29, 0.717) is 18.8 Å². The van der Waals surface area contributed by atoms with E-state index in [1.165, 1.54) is 10.9 Å². The molecule has 0 aliphatic rings. The Labute approximate surface area is 117 Å². The highest BCUT2D eigenvalue weighted by Gasteiger charge is 2.19. The van der Waals surface area contributed by atoms with E-state index in [1.54, 1.807) is 0 Å². The highest BCUT2D eigenvalue weighted by atomic mass is 35.5. The van der Waals surface area contributed by atoms with Crippen LogP contribution in [0.1, 0.15) is 20.8 Å². The average Bonchev–Trinajstić information content (AvgIpc) is 2.32. The van der Waals surface area contributed by atoms with E-state index in [2.05, 4.69) is 16.3 Å². The van der Waals surface area contributed by atoms with Crippen molar-refractivity contribution in [2.45, 2.75) is 32.9 Å². The molecule has 5 nitrogen and oxygen atoms in total. The van der Waals surface area contributed by atoms with E-state index in [4.69, 9.17) is 22.8 Å². The first-order chi connectivity index (χ1) is 8.91. The Morgan fingerprint density at radius 2 is 2.32 bits per heavy atom. The van der Waals surface area contributed by atoms with Gasteiger partial charge < -0.3 is 10.1 Å².